The van der Waals surface area contributed by atoms with Crippen LogP contribution in [0.2, 0.25) is 0 Å². The number of likely N-dealkylation sites (tertiary alicyclic amines) is 2. The molecule has 4 amide bonds. The van der Waals surface area contributed by atoms with Gasteiger partial charge in [0.15, 0.2) is 0 Å². The molecule has 8 heterocycles. The third-order valence-electron chi connectivity index (χ3n) is 13.9. The molecule has 16 nitrogen and oxygen atoms in total. The molecule has 2 fully saturated rings. The van der Waals surface area contributed by atoms with Gasteiger partial charge < -0.3 is 39.1 Å². The number of nitrogens with zero attached hydrogens (tertiary/aromatic N) is 8. The number of methoxy groups -OCH3 is 2. The first-order chi connectivity index (χ1) is 36.6. The van der Waals surface area contributed by atoms with Crippen molar-refractivity contribution in [2.24, 2.45) is 0 Å². The molecule has 4 aliphatic rings. The van der Waals surface area contributed by atoms with Crippen molar-refractivity contribution in [1.29, 1.82) is 0 Å². The molecule has 76 heavy (non-hydrogen) atoms. The third kappa shape index (κ3) is 8.90. The number of anilines is 2. The van der Waals surface area contributed by atoms with Crippen LogP contribution < -0.4 is 15.3 Å². The fourth-order valence-corrected chi connectivity index (χ4v) is 10.9. The summed E-state index contributed by atoms with van der Waals surface area (Å²) in [5, 5.41) is 20.5. The van der Waals surface area contributed by atoms with Gasteiger partial charge in [0.1, 0.15) is 10.8 Å². The molecule has 12 rings (SSSR count). The lowest BCUT2D eigenvalue weighted by Crippen LogP contribution is -2.65. The minimum atomic E-state index is -1.96. The fraction of sp³-hybridized carbons (Fsp3) is 0.185. The van der Waals surface area contributed by atoms with Crippen LogP contribution in [-0.2, 0) is 43.0 Å². The van der Waals surface area contributed by atoms with Gasteiger partial charge in [-0.15, -0.1) is 0 Å². The highest BCUT2D eigenvalue weighted by Crippen LogP contribution is 2.50. The Labute approximate surface area is 439 Å². The Morgan fingerprint density at radius 2 is 1.05 bits per heavy atom. The molecule has 8 aromatic rings. The zero-order valence-electron chi connectivity index (χ0n) is 40.3. The average molecular weight is 1100 g/mol. The normalized spacial score (nSPS) is 15.3. The standard InChI is InChI=1S/C27H20F2N4O3.C22H18BrN3O3.C5H4BF2NO2/c1-36-26(35)32-14-27(15-32)19-8-4-5-9-21(19)33(25(27)34)13-20-23(18-10-11-22(28)31-24(18)29)17-7-3-2-6-16(17)12-30-20;1-29-21(28)25-12-22(13-25)16-8-4-5-9-18(16)26(20(22)27)11-17-19(23)15-7-3-2-6-14(15)10-24-17;7-4-2-1-3(6(10)11)5(8)9-4/h2-12H,13-15H2,1H3;2-10H,11-13H2,1H3;1-2,10-11H. The third-order valence-corrected chi connectivity index (χ3v) is 14.8. The van der Waals surface area contributed by atoms with Crippen LogP contribution in [-0.4, -0.2) is 111 Å². The van der Waals surface area contributed by atoms with E-state index in [0.717, 1.165) is 61.3 Å². The first-order valence-electron chi connectivity index (χ1n) is 23.5. The van der Waals surface area contributed by atoms with Crippen molar-refractivity contribution < 1.29 is 56.3 Å². The average Bonchev–Trinajstić information content (AvgIpc) is 3.90. The first-order valence-corrected chi connectivity index (χ1v) is 24.3. The number of ether oxygens (including phenoxy) is 2. The molecule has 0 aliphatic carbocycles. The lowest BCUT2D eigenvalue weighted by molar-refractivity contribution is -0.129. The number of carbonyl (C=O) groups excluding carboxylic acids is 4. The molecule has 0 bridgehead atoms. The number of fused-ring (bicyclic) bond motifs is 6. The lowest BCUT2D eigenvalue weighted by Gasteiger charge is -2.45. The molecule has 384 valence electrons. The largest absolute Gasteiger partial charge is 0.493 e. The number of amides is 4. The maximum absolute atomic E-state index is 14.9. The Balaban J connectivity index is 0.000000147. The molecule has 2 N–H and O–H groups in total. The summed E-state index contributed by atoms with van der Waals surface area (Å²) in [7, 11) is 0.705. The Morgan fingerprint density at radius 3 is 1.57 bits per heavy atom. The van der Waals surface area contributed by atoms with Crippen molar-refractivity contribution in [2.45, 2.75) is 23.9 Å². The van der Waals surface area contributed by atoms with E-state index < -0.39 is 59.4 Å². The van der Waals surface area contributed by atoms with Gasteiger partial charge in [-0.25, -0.2) is 9.59 Å². The van der Waals surface area contributed by atoms with Gasteiger partial charge in [-0.3, -0.25) is 19.6 Å². The van der Waals surface area contributed by atoms with Crippen molar-refractivity contribution in [3.63, 3.8) is 0 Å². The second kappa shape index (κ2) is 20.4. The molecule has 4 aliphatic heterocycles. The van der Waals surface area contributed by atoms with Crippen LogP contribution in [0.4, 0.5) is 38.5 Å². The van der Waals surface area contributed by atoms with Gasteiger partial charge >= 0.3 is 19.3 Å². The lowest BCUT2D eigenvalue weighted by atomic mass is 9.75. The van der Waals surface area contributed by atoms with Crippen molar-refractivity contribution in [2.75, 3.05) is 50.2 Å². The molecule has 4 aromatic carbocycles. The summed E-state index contributed by atoms with van der Waals surface area (Å²) >= 11 is 3.68. The summed E-state index contributed by atoms with van der Waals surface area (Å²) in [5.41, 5.74) is 3.17. The van der Waals surface area contributed by atoms with Gasteiger partial charge in [0, 0.05) is 81.8 Å². The van der Waals surface area contributed by atoms with E-state index in [1.807, 2.05) is 103 Å². The molecule has 22 heteroatoms. The first kappa shape index (κ1) is 51.2. The summed E-state index contributed by atoms with van der Waals surface area (Å²) in [4.78, 5) is 73.0. The van der Waals surface area contributed by atoms with E-state index in [1.165, 1.54) is 25.2 Å². The minimum absolute atomic E-state index is 0.000659. The van der Waals surface area contributed by atoms with Gasteiger partial charge in [-0.05, 0) is 68.2 Å². The van der Waals surface area contributed by atoms with Crippen molar-refractivity contribution in [3.05, 3.63) is 184 Å². The van der Waals surface area contributed by atoms with Crippen LogP contribution in [0.3, 0.4) is 0 Å². The SMILES string of the molecule is COC(=O)N1CC2(C1)C(=O)N(Cc1ncc3ccccc3c1-c1ccc(F)nc1F)c1ccccc12.COC(=O)N1CC2(C1)C(=O)N(Cc1ncc3ccccc3c1Br)c1ccccc12.OB(O)c1ccc(F)nc1F. The quantitative estimate of drug-likeness (QED) is 0.0958. The molecule has 0 unspecified atom stereocenters. The van der Waals surface area contributed by atoms with E-state index >= 15 is 0 Å². The molecule has 2 spiro atoms. The maximum Gasteiger partial charge on any atom is 0.493 e. The molecule has 0 saturated carbocycles. The van der Waals surface area contributed by atoms with E-state index in [9.17, 15) is 36.7 Å². The Bertz CT molecular complexity index is 3640. The molecule has 0 atom stereocenters. The minimum Gasteiger partial charge on any atom is -0.453 e. The van der Waals surface area contributed by atoms with E-state index in [1.54, 1.807) is 20.9 Å². The van der Waals surface area contributed by atoms with Gasteiger partial charge in [-0.1, -0.05) is 91.0 Å². The number of pyridine rings is 4. The Kier molecular flexibility index (Phi) is 13.7. The summed E-state index contributed by atoms with van der Waals surface area (Å²) < 4.78 is 63.6. The summed E-state index contributed by atoms with van der Waals surface area (Å²) in [6.07, 6.45) is 2.62. The van der Waals surface area contributed by atoms with Crippen molar-refractivity contribution in [3.8, 4) is 11.1 Å². The van der Waals surface area contributed by atoms with E-state index in [2.05, 4.69) is 35.9 Å². The van der Waals surface area contributed by atoms with E-state index in [4.69, 9.17) is 19.5 Å². The number of para-hydroxylation sites is 2. The van der Waals surface area contributed by atoms with Crippen LogP contribution in [0.25, 0.3) is 32.7 Å². The number of rotatable bonds is 6. The summed E-state index contributed by atoms with van der Waals surface area (Å²) in [6, 6.07) is 34.8. The molecule has 0 radical (unpaired) electrons. The number of aromatic nitrogens is 4. The highest BCUT2D eigenvalue weighted by atomic mass is 79.9. The van der Waals surface area contributed by atoms with Crippen LogP contribution in [0.5, 0.6) is 0 Å². The van der Waals surface area contributed by atoms with Crippen LogP contribution in [0.15, 0.2) is 138 Å². The number of benzene rings is 4. The van der Waals surface area contributed by atoms with Gasteiger partial charge in [-0.2, -0.15) is 27.5 Å². The van der Waals surface area contributed by atoms with Gasteiger partial charge in [0.05, 0.1) is 38.7 Å². The van der Waals surface area contributed by atoms with Crippen LogP contribution in [0, 0.1) is 23.8 Å². The zero-order valence-corrected chi connectivity index (χ0v) is 41.9. The second-order valence-electron chi connectivity index (χ2n) is 18.3. The molecular weight excluding hydrogens is 1060 g/mol. The predicted molar refractivity (Wildman–Crippen MR) is 275 cm³/mol. The number of carbonyl (C=O) groups is 4. The van der Waals surface area contributed by atoms with Crippen molar-refractivity contribution in [1.82, 2.24) is 29.7 Å². The molecular formula is C54H42BBrF4N8O8. The van der Waals surface area contributed by atoms with Gasteiger partial charge in [0.2, 0.25) is 35.6 Å². The monoisotopic (exact) mass is 1100 g/mol. The summed E-state index contributed by atoms with van der Waals surface area (Å²) in [5.74, 6) is -4.24. The number of hydrogen-bond donors (Lipinski definition) is 2. The van der Waals surface area contributed by atoms with E-state index in [-0.39, 0.29) is 37.0 Å². The highest BCUT2D eigenvalue weighted by Gasteiger charge is 2.61. The van der Waals surface area contributed by atoms with Crippen LogP contribution in [0.1, 0.15) is 22.5 Å². The fourth-order valence-electron chi connectivity index (χ4n) is 10.3. The van der Waals surface area contributed by atoms with E-state index in [0.29, 0.717) is 42.0 Å². The highest BCUT2D eigenvalue weighted by molar-refractivity contribution is 9.10. The van der Waals surface area contributed by atoms with Crippen LogP contribution >= 0.6 is 15.9 Å². The predicted octanol–water partition coefficient (Wildman–Crippen LogP) is 7.35. The maximum atomic E-state index is 14.9. The zero-order chi connectivity index (χ0) is 53.6. The second-order valence-corrected chi connectivity index (χ2v) is 19.1. The molecule has 4 aromatic heterocycles. The Hall–Kier alpha value is -8.34. The Morgan fingerprint density at radius 1 is 0.605 bits per heavy atom. The van der Waals surface area contributed by atoms with Gasteiger partial charge in [0.25, 0.3) is 0 Å². The topological polar surface area (TPSA) is 192 Å². The summed E-state index contributed by atoms with van der Waals surface area (Å²) in [6.45, 7) is 1.51. The molecule has 2 saturated heterocycles. The smallest absolute Gasteiger partial charge is 0.453 e. The number of hydrogen-bond acceptors (Lipinski definition) is 12. The number of halogens is 5. The van der Waals surface area contributed by atoms with Crippen molar-refractivity contribution >= 4 is 85.4 Å².